The van der Waals surface area contributed by atoms with Gasteiger partial charge in [0.05, 0.1) is 11.8 Å². The Balaban J connectivity index is 2.26. The molecule has 1 unspecified atom stereocenters. The SMILES string of the molecule is CCNc1nc(CC(C)OC)nc2c1CSC2. The first-order chi connectivity index (χ1) is 8.24. The zero-order chi connectivity index (χ0) is 12.3. The van der Waals surface area contributed by atoms with Crippen molar-refractivity contribution in [3.63, 3.8) is 0 Å². The van der Waals surface area contributed by atoms with Crippen molar-refractivity contribution in [1.29, 1.82) is 0 Å². The fourth-order valence-corrected chi connectivity index (χ4v) is 2.89. The Morgan fingerprint density at radius 1 is 1.41 bits per heavy atom. The first-order valence-electron chi connectivity index (χ1n) is 5.97. The van der Waals surface area contributed by atoms with E-state index in [9.17, 15) is 0 Å². The lowest BCUT2D eigenvalue weighted by Gasteiger charge is -2.12. The Morgan fingerprint density at radius 3 is 2.94 bits per heavy atom. The van der Waals surface area contributed by atoms with Crippen molar-refractivity contribution >= 4 is 17.6 Å². The van der Waals surface area contributed by atoms with E-state index in [2.05, 4.69) is 22.2 Å². The zero-order valence-corrected chi connectivity index (χ0v) is 11.4. The van der Waals surface area contributed by atoms with Gasteiger partial charge in [0, 0.05) is 37.1 Å². The van der Waals surface area contributed by atoms with Crippen LogP contribution in [0, 0.1) is 0 Å². The molecule has 5 heteroatoms. The third kappa shape index (κ3) is 2.90. The number of rotatable bonds is 5. The molecule has 1 N–H and O–H groups in total. The van der Waals surface area contributed by atoms with Gasteiger partial charge in [0.2, 0.25) is 0 Å². The standard InChI is InChI=1S/C12H19N3OS/c1-4-13-12-9-6-17-7-10(9)14-11(15-12)5-8(2)16-3/h8H,4-7H2,1-3H3,(H,13,14,15). The second kappa shape index (κ2) is 5.69. The summed E-state index contributed by atoms with van der Waals surface area (Å²) >= 11 is 1.90. The summed E-state index contributed by atoms with van der Waals surface area (Å²) in [5, 5.41) is 3.33. The molecule has 94 valence electrons. The van der Waals surface area contributed by atoms with E-state index in [1.165, 1.54) is 11.3 Å². The smallest absolute Gasteiger partial charge is 0.134 e. The Hall–Kier alpha value is -0.810. The van der Waals surface area contributed by atoms with Crippen molar-refractivity contribution in [2.45, 2.75) is 37.9 Å². The van der Waals surface area contributed by atoms with Crippen LogP contribution in [-0.4, -0.2) is 29.7 Å². The van der Waals surface area contributed by atoms with Crippen molar-refractivity contribution in [3.8, 4) is 0 Å². The van der Waals surface area contributed by atoms with Gasteiger partial charge in [0.15, 0.2) is 0 Å². The number of hydrogen-bond donors (Lipinski definition) is 1. The van der Waals surface area contributed by atoms with Crippen LogP contribution in [0.25, 0.3) is 0 Å². The van der Waals surface area contributed by atoms with Crippen LogP contribution in [0.1, 0.15) is 30.9 Å². The summed E-state index contributed by atoms with van der Waals surface area (Å²) in [6, 6.07) is 0. The average Bonchev–Trinajstić information content (AvgIpc) is 2.77. The minimum atomic E-state index is 0.164. The number of methoxy groups -OCH3 is 1. The molecule has 1 aliphatic heterocycles. The largest absolute Gasteiger partial charge is 0.381 e. The summed E-state index contributed by atoms with van der Waals surface area (Å²) < 4.78 is 5.27. The number of anilines is 1. The minimum absolute atomic E-state index is 0.164. The lowest BCUT2D eigenvalue weighted by atomic mass is 10.2. The van der Waals surface area contributed by atoms with Crippen LogP contribution >= 0.6 is 11.8 Å². The highest BCUT2D eigenvalue weighted by Gasteiger charge is 2.20. The molecule has 0 saturated carbocycles. The van der Waals surface area contributed by atoms with Gasteiger partial charge in [0.25, 0.3) is 0 Å². The van der Waals surface area contributed by atoms with E-state index >= 15 is 0 Å². The molecule has 0 spiro atoms. The number of aromatic nitrogens is 2. The molecule has 1 atom stereocenters. The second-order valence-electron chi connectivity index (χ2n) is 4.19. The van der Waals surface area contributed by atoms with E-state index in [-0.39, 0.29) is 6.10 Å². The lowest BCUT2D eigenvalue weighted by molar-refractivity contribution is 0.117. The maximum Gasteiger partial charge on any atom is 0.134 e. The van der Waals surface area contributed by atoms with Crippen LogP contribution in [0.15, 0.2) is 0 Å². The van der Waals surface area contributed by atoms with Crippen LogP contribution in [0.2, 0.25) is 0 Å². The predicted octanol–water partition coefficient (Wildman–Crippen LogP) is 2.23. The maximum absolute atomic E-state index is 5.27. The fourth-order valence-electron chi connectivity index (χ4n) is 1.85. The van der Waals surface area contributed by atoms with Crippen LogP contribution in [0.4, 0.5) is 5.82 Å². The van der Waals surface area contributed by atoms with Crippen molar-refractivity contribution in [2.75, 3.05) is 19.0 Å². The molecular weight excluding hydrogens is 234 g/mol. The second-order valence-corrected chi connectivity index (χ2v) is 5.17. The molecule has 2 rings (SSSR count). The van der Waals surface area contributed by atoms with E-state index in [1.54, 1.807) is 7.11 Å². The van der Waals surface area contributed by atoms with Crippen LogP contribution in [-0.2, 0) is 22.7 Å². The normalized spacial score (nSPS) is 15.7. The molecule has 1 aliphatic rings. The van der Waals surface area contributed by atoms with Crippen molar-refractivity contribution in [2.24, 2.45) is 0 Å². The van der Waals surface area contributed by atoms with Gasteiger partial charge in [-0.3, -0.25) is 0 Å². The summed E-state index contributed by atoms with van der Waals surface area (Å²) in [6.45, 7) is 5.03. The van der Waals surface area contributed by atoms with Gasteiger partial charge in [-0.25, -0.2) is 9.97 Å². The number of thioether (sulfide) groups is 1. The summed E-state index contributed by atoms with van der Waals surface area (Å²) in [4.78, 5) is 9.24. The van der Waals surface area contributed by atoms with Gasteiger partial charge in [-0.1, -0.05) is 0 Å². The fraction of sp³-hybridized carbons (Fsp3) is 0.667. The molecule has 17 heavy (non-hydrogen) atoms. The molecule has 0 radical (unpaired) electrons. The highest BCUT2D eigenvalue weighted by atomic mass is 32.2. The van der Waals surface area contributed by atoms with Crippen molar-refractivity contribution in [1.82, 2.24) is 9.97 Å². The quantitative estimate of drug-likeness (QED) is 0.872. The first kappa shape index (κ1) is 12.6. The highest BCUT2D eigenvalue weighted by molar-refractivity contribution is 7.98. The van der Waals surface area contributed by atoms with Crippen molar-refractivity contribution in [3.05, 3.63) is 17.1 Å². The molecule has 0 aromatic carbocycles. The van der Waals surface area contributed by atoms with Gasteiger partial charge >= 0.3 is 0 Å². The van der Waals surface area contributed by atoms with Gasteiger partial charge in [-0.15, -0.1) is 0 Å². The molecule has 0 aliphatic carbocycles. The summed E-state index contributed by atoms with van der Waals surface area (Å²) in [6.07, 6.45) is 0.934. The number of nitrogens with zero attached hydrogens (tertiary/aromatic N) is 2. The molecule has 4 nitrogen and oxygen atoms in total. The predicted molar refractivity (Wildman–Crippen MR) is 71.4 cm³/mol. The molecule has 0 amide bonds. The molecule has 1 aromatic heterocycles. The molecule has 2 heterocycles. The Morgan fingerprint density at radius 2 is 2.24 bits per heavy atom. The summed E-state index contributed by atoms with van der Waals surface area (Å²) in [7, 11) is 1.72. The van der Waals surface area contributed by atoms with Crippen LogP contribution in [0.5, 0.6) is 0 Å². The van der Waals surface area contributed by atoms with E-state index in [0.717, 1.165) is 36.1 Å². The monoisotopic (exact) mass is 253 g/mol. The van der Waals surface area contributed by atoms with Gasteiger partial charge in [-0.05, 0) is 13.8 Å². The van der Waals surface area contributed by atoms with Gasteiger partial charge < -0.3 is 10.1 Å². The van der Waals surface area contributed by atoms with E-state index in [0.29, 0.717) is 0 Å². The highest BCUT2D eigenvalue weighted by Crippen LogP contribution is 2.32. The van der Waals surface area contributed by atoms with E-state index < -0.39 is 0 Å². The number of ether oxygens (including phenoxy) is 1. The topological polar surface area (TPSA) is 47.0 Å². The molecule has 0 fully saturated rings. The van der Waals surface area contributed by atoms with E-state index in [4.69, 9.17) is 4.74 Å². The molecular formula is C12H19N3OS. The number of fused-ring (bicyclic) bond motifs is 1. The third-order valence-corrected chi connectivity index (χ3v) is 3.81. The number of nitrogens with one attached hydrogen (secondary N) is 1. The Bertz CT molecular complexity index is 398. The summed E-state index contributed by atoms with van der Waals surface area (Å²) in [5.74, 6) is 3.93. The molecule has 1 aromatic rings. The first-order valence-corrected chi connectivity index (χ1v) is 7.13. The number of hydrogen-bond acceptors (Lipinski definition) is 5. The van der Waals surface area contributed by atoms with Gasteiger partial charge in [-0.2, -0.15) is 11.8 Å². The lowest BCUT2D eigenvalue weighted by Crippen LogP contribution is -2.14. The molecule has 0 saturated heterocycles. The van der Waals surface area contributed by atoms with E-state index in [1.807, 2.05) is 18.7 Å². The third-order valence-electron chi connectivity index (χ3n) is 2.84. The minimum Gasteiger partial charge on any atom is -0.381 e. The maximum atomic E-state index is 5.27. The molecule has 0 bridgehead atoms. The Labute approximate surface area is 107 Å². The van der Waals surface area contributed by atoms with Gasteiger partial charge in [0.1, 0.15) is 11.6 Å². The van der Waals surface area contributed by atoms with Crippen LogP contribution < -0.4 is 5.32 Å². The zero-order valence-electron chi connectivity index (χ0n) is 10.6. The summed E-state index contributed by atoms with van der Waals surface area (Å²) in [5.41, 5.74) is 2.48. The average molecular weight is 253 g/mol. The van der Waals surface area contributed by atoms with Crippen molar-refractivity contribution < 1.29 is 4.74 Å². The van der Waals surface area contributed by atoms with Crippen LogP contribution in [0.3, 0.4) is 0 Å². The Kier molecular flexibility index (Phi) is 4.23.